The van der Waals surface area contributed by atoms with Crippen molar-refractivity contribution in [3.05, 3.63) is 33.1 Å². The van der Waals surface area contributed by atoms with E-state index < -0.39 is 0 Å². The maximum absolute atomic E-state index is 13.0. The van der Waals surface area contributed by atoms with Gasteiger partial charge in [0.25, 0.3) is 0 Å². The zero-order valence-corrected chi connectivity index (χ0v) is 11.2. The SMILES string of the molecule is NNC(CCC1CC1)c1ccc(F)cc1I. The molecular formula is C12H16FIN2. The summed E-state index contributed by atoms with van der Waals surface area (Å²) in [7, 11) is 0. The lowest BCUT2D eigenvalue weighted by Gasteiger charge is -2.17. The van der Waals surface area contributed by atoms with Crippen LogP contribution in [0, 0.1) is 15.3 Å². The predicted molar refractivity (Wildman–Crippen MR) is 71.1 cm³/mol. The molecule has 4 heteroatoms. The molecule has 1 aromatic carbocycles. The molecule has 2 rings (SSSR count). The van der Waals surface area contributed by atoms with Gasteiger partial charge in [0, 0.05) is 9.61 Å². The smallest absolute Gasteiger partial charge is 0.124 e. The van der Waals surface area contributed by atoms with Crippen LogP contribution in [0.2, 0.25) is 0 Å². The average molecular weight is 334 g/mol. The van der Waals surface area contributed by atoms with E-state index in [-0.39, 0.29) is 11.9 Å². The van der Waals surface area contributed by atoms with E-state index in [0.29, 0.717) is 0 Å². The lowest BCUT2D eigenvalue weighted by atomic mass is 10.0. The molecule has 3 N–H and O–H groups in total. The highest BCUT2D eigenvalue weighted by molar-refractivity contribution is 14.1. The third-order valence-corrected chi connectivity index (χ3v) is 4.03. The molecule has 0 heterocycles. The Labute approximate surface area is 109 Å². The number of hydrazine groups is 1. The van der Waals surface area contributed by atoms with Crippen LogP contribution in [0.25, 0.3) is 0 Å². The molecule has 2 nitrogen and oxygen atoms in total. The average Bonchev–Trinajstić information content (AvgIpc) is 3.05. The van der Waals surface area contributed by atoms with Gasteiger partial charge in [-0.3, -0.25) is 11.3 Å². The van der Waals surface area contributed by atoms with E-state index in [4.69, 9.17) is 5.84 Å². The highest BCUT2D eigenvalue weighted by Gasteiger charge is 2.23. The summed E-state index contributed by atoms with van der Waals surface area (Å²) in [5, 5.41) is 0. The number of halogens is 2. The van der Waals surface area contributed by atoms with Crippen molar-refractivity contribution in [1.29, 1.82) is 0 Å². The first-order valence-corrected chi connectivity index (χ1v) is 6.69. The van der Waals surface area contributed by atoms with Gasteiger partial charge in [-0.1, -0.05) is 18.9 Å². The molecule has 0 bridgehead atoms. The molecule has 1 atom stereocenters. The third-order valence-electron chi connectivity index (χ3n) is 3.10. The van der Waals surface area contributed by atoms with Crippen molar-refractivity contribution in [2.24, 2.45) is 11.8 Å². The van der Waals surface area contributed by atoms with E-state index in [0.717, 1.165) is 21.5 Å². The summed E-state index contributed by atoms with van der Waals surface area (Å²) in [5.74, 6) is 6.28. The van der Waals surface area contributed by atoms with Crippen LogP contribution in [-0.2, 0) is 0 Å². The standard InChI is InChI=1S/C12H16FIN2/c13-9-4-5-10(11(14)7-9)12(16-15)6-3-8-1-2-8/h4-5,7-8,12,16H,1-3,6,15H2. The second-order valence-electron chi connectivity index (χ2n) is 4.41. The van der Waals surface area contributed by atoms with E-state index in [1.54, 1.807) is 6.07 Å². The molecule has 1 saturated carbocycles. The van der Waals surface area contributed by atoms with Crippen LogP contribution in [0.3, 0.4) is 0 Å². The Morgan fingerprint density at radius 3 is 2.81 bits per heavy atom. The van der Waals surface area contributed by atoms with E-state index in [1.165, 1.54) is 25.3 Å². The van der Waals surface area contributed by atoms with Crippen molar-refractivity contribution >= 4 is 22.6 Å². The van der Waals surface area contributed by atoms with Crippen LogP contribution in [0.5, 0.6) is 0 Å². The molecule has 88 valence electrons. The van der Waals surface area contributed by atoms with Crippen LogP contribution >= 0.6 is 22.6 Å². The number of benzene rings is 1. The fourth-order valence-electron chi connectivity index (χ4n) is 1.92. The second-order valence-corrected chi connectivity index (χ2v) is 5.57. The predicted octanol–water partition coefficient (Wildman–Crippen LogP) is 3.12. The van der Waals surface area contributed by atoms with Crippen LogP contribution in [0.1, 0.15) is 37.3 Å². The minimum absolute atomic E-state index is 0.146. The summed E-state index contributed by atoms with van der Waals surface area (Å²) >= 11 is 2.16. The van der Waals surface area contributed by atoms with Crippen molar-refractivity contribution in [2.75, 3.05) is 0 Å². The molecule has 0 aliphatic heterocycles. The van der Waals surface area contributed by atoms with E-state index >= 15 is 0 Å². The molecule has 0 radical (unpaired) electrons. The normalized spacial score (nSPS) is 17.4. The van der Waals surface area contributed by atoms with Crippen molar-refractivity contribution in [2.45, 2.75) is 31.7 Å². The summed E-state index contributed by atoms with van der Waals surface area (Å²) in [6.07, 6.45) is 4.96. The Balaban J connectivity index is 2.05. The molecular weight excluding hydrogens is 318 g/mol. The number of hydrogen-bond acceptors (Lipinski definition) is 2. The summed E-state index contributed by atoms with van der Waals surface area (Å²) < 4.78 is 13.9. The van der Waals surface area contributed by atoms with Crippen molar-refractivity contribution in [3.63, 3.8) is 0 Å². The molecule has 0 aromatic heterocycles. The van der Waals surface area contributed by atoms with Crippen LogP contribution in [0.15, 0.2) is 18.2 Å². The van der Waals surface area contributed by atoms with Gasteiger partial charge in [-0.15, -0.1) is 0 Å². The van der Waals surface area contributed by atoms with Crippen LogP contribution in [0.4, 0.5) is 4.39 Å². The van der Waals surface area contributed by atoms with Gasteiger partial charge in [0.1, 0.15) is 5.82 Å². The van der Waals surface area contributed by atoms with Crippen molar-refractivity contribution in [3.8, 4) is 0 Å². The Kier molecular flexibility index (Phi) is 4.16. The van der Waals surface area contributed by atoms with Gasteiger partial charge in [-0.2, -0.15) is 0 Å². The molecule has 1 unspecified atom stereocenters. The minimum Gasteiger partial charge on any atom is -0.271 e. The first-order chi connectivity index (χ1) is 7.70. The highest BCUT2D eigenvalue weighted by atomic mass is 127. The Bertz CT molecular complexity index is 366. The molecule has 0 spiro atoms. The summed E-state index contributed by atoms with van der Waals surface area (Å²) in [6, 6.07) is 5.03. The first kappa shape index (κ1) is 12.3. The topological polar surface area (TPSA) is 38.0 Å². The molecule has 1 aliphatic rings. The highest BCUT2D eigenvalue weighted by Crippen LogP contribution is 2.36. The fraction of sp³-hybridized carbons (Fsp3) is 0.500. The minimum atomic E-state index is -0.189. The monoisotopic (exact) mass is 334 g/mol. The Morgan fingerprint density at radius 2 is 2.25 bits per heavy atom. The summed E-state index contributed by atoms with van der Waals surface area (Å²) in [4.78, 5) is 0. The van der Waals surface area contributed by atoms with Gasteiger partial charge < -0.3 is 0 Å². The summed E-state index contributed by atoms with van der Waals surface area (Å²) in [6.45, 7) is 0. The number of nitrogens with two attached hydrogens (primary N) is 1. The zero-order chi connectivity index (χ0) is 11.5. The number of nitrogens with one attached hydrogen (secondary N) is 1. The maximum atomic E-state index is 13.0. The van der Waals surface area contributed by atoms with Crippen molar-refractivity contribution < 1.29 is 4.39 Å². The van der Waals surface area contributed by atoms with Gasteiger partial charge in [-0.05, 0) is 59.0 Å². The summed E-state index contributed by atoms with van der Waals surface area (Å²) in [5.41, 5.74) is 3.94. The molecule has 1 aromatic rings. The zero-order valence-electron chi connectivity index (χ0n) is 9.05. The number of rotatable bonds is 5. The molecule has 0 saturated heterocycles. The van der Waals surface area contributed by atoms with Gasteiger partial charge >= 0.3 is 0 Å². The molecule has 16 heavy (non-hydrogen) atoms. The Morgan fingerprint density at radius 1 is 1.50 bits per heavy atom. The second kappa shape index (κ2) is 5.42. The quantitative estimate of drug-likeness (QED) is 0.493. The lowest BCUT2D eigenvalue weighted by molar-refractivity contribution is 0.479. The Hall–Kier alpha value is -0.200. The maximum Gasteiger partial charge on any atom is 0.124 e. The van der Waals surface area contributed by atoms with E-state index in [1.807, 2.05) is 6.07 Å². The molecule has 1 fully saturated rings. The van der Waals surface area contributed by atoms with Crippen LogP contribution < -0.4 is 11.3 Å². The van der Waals surface area contributed by atoms with Crippen LogP contribution in [-0.4, -0.2) is 0 Å². The number of hydrogen-bond donors (Lipinski definition) is 2. The van der Waals surface area contributed by atoms with Gasteiger partial charge in [0.05, 0.1) is 0 Å². The molecule has 1 aliphatic carbocycles. The van der Waals surface area contributed by atoms with E-state index in [2.05, 4.69) is 28.0 Å². The van der Waals surface area contributed by atoms with Gasteiger partial charge in [-0.25, -0.2) is 4.39 Å². The third kappa shape index (κ3) is 3.15. The van der Waals surface area contributed by atoms with Gasteiger partial charge in [0.2, 0.25) is 0 Å². The first-order valence-electron chi connectivity index (χ1n) is 5.62. The lowest BCUT2D eigenvalue weighted by Crippen LogP contribution is -2.28. The fourth-order valence-corrected chi connectivity index (χ4v) is 2.77. The van der Waals surface area contributed by atoms with Crippen molar-refractivity contribution in [1.82, 2.24) is 5.43 Å². The van der Waals surface area contributed by atoms with E-state index in [9.17, 15) is 4.39 Å². The molecule has 0 amide bonds. The largest absolute Gasteiger partial charge is 0.271 e. The van der Waals surface area contributed by atoms with Gasteiger partial charge in [0.15, 0.2) is 0 Å².